The monoisotopic (exact) mass is 376 g/mol. The standard InChI is InChI=1S/C18H17BrO4/c1-2-12-22-18(21)16(13-6-4-3-5-7-13)23-17(20)14-8-10-15(19)11-9-14/h3-11,16H,2,12H2,1H3. The third-order valence-corrected chi connectivity index (χ3v) is 3.60. The van der Waals surface area contributed by atoms with Gasteiger partial charge in [-0.2, -0.15) is 0 Å². The van der Waals surface area contributed by atoms with Gasteiger partial charge in [0.15, 0.2) is 0 Å². The Labute approximate surface area is 143 Å². The van der Waals surface area contributed by atoms with E-state index in [4.69, 9.17) is 9.47 Å². The molecule has 2 aromatic rings. The Kier molecular flexibility index (Phi) is 6.35. The van der Waals surface area contributed by atoms with E-state index in [1.54, 1.807) is 48.5 Å². The van der Waals surface area contributed by atoms with Gasteiger partial charge in [-0.1, -0.05) is 53.2 Å². The van der Waals surface area contributed by atoms with Crippen molar-refractivity contribution < 1.29 is 19.1 Å². The van der Waals surface area contributed by atoms with Crippen LogP contribution in [0.2, 0.25) is 0 Å². The summed E-state index contributed by atoms with van der Waals surface area (Å²) >= 11 is 3.31. The van der Waals surface area contributed by atoms with Gasteiger partial charge in [0.25, 0.3) is 0 Å². The van der Waals surface area contributed by atoms with Crippen LogP contribution in [-0.2, 0) is 14.3 Å². The van der Waals surface area contributed by atoms with E-state index >= 15 is 0 Å². The zero-order valence-electron chi connectivity index (χ0n) is 12.7. The van der Waals surface area contributed by atoms with Crippen molar-refractivity contribution in [2.75, 3.05) is 6.61 Å². The average molecular weight is 377 g/mol. The predicted molar refractivity (Wildman–Crippen MR) is 90.0 cm³/mol. The summed E-state index contributed by atoms with van der Waals surface area (Å²) in [6, 6.07) is 15.6. The highest BCUT2D eigenvalue weighted by atomic mass is 79.9. The number of ether oxygens (including phenoxy) is 2. The highest BCUT2D eigenvalue weighted by Crippen LogP contribution is 2.21. The SMILES string of the molecule is CCCOC(=O)C(OC(=O)c1ccc(Br)cc1)c1ccccc1. The molecule has 1 atom stereocenters. The molecule has 0 aliphatic heterocycles. The van der Waals surface area contributed by atoms with Crippen molar-refractivity contribution in [3.05, 3.63) is 70.2 Å². The number of hydrogen-bond donors (Lipinski definition) is 0. The first-order chi connectivity index (χ1) is 11.1. The largest absolute Gasteiger partial charge is 0.463 e. The van der Waals surface area contributed by atoms with Crippen LogP contribution in [0.25, 0.3) is 0 Å². The molecule has 0 saturated heterocycles. The lowest BCUT2D eigenvalue weighted by Crippen LogP contribution is -2.22. The second-order valence-electron chi connectivity index (χ2n) is 4.87. The molecule has 23 heavy (non-hydrogen) atoms. The van der Waals surface area contributed by atoms with Crippen LogP contribution < -0.4 is 0 Å². The number of carbonyl (C=O) groups excluding carboxylic acids is 2. The van der Waals surface area contributed by atoms with Gasteiger partial charge >= 0.3 is 11.9 Å². The summed E-state index contributed by atoms with van der Waals surface area (Å²) in [6.07, 6.45) is -0.368. The summed E-state index contributed by atoms with van der Waals surface area (Å²) < 4.78 is 11.4. The molecular formula is C18H17BrO4. The molecule has 0 radical (unpaired) electrons. The first-order valence-corrected chi connectivity index (χ1v) is 8.09. The number of halogens is 1. The zero-order chi connectivity index (χ0) is 16.7. The van der Waals surface area contributed by atoms with E-state index in [1.807, 2.05) is 13.0 Å². The Bertz CT molecular complexity index is 652. The van der Waals surface area contributed by atoms with Crippen molar-refractivity contribution in [3.63, 3.8) is 0 Å². The first kappa shape index (κ1) is 17.2. The molecule has 0 heterocycles. The average Bonchev–Trinajstić information content (AvgIpc) is 2.58. The predicted octanol–water partition coefficient (Wildman–Crippen LogP) is 4.30. The third-order valence-electron chi connectivity index (χ3n) is 3.07. The summed E-state index contributed by atoms with van der Waals surface area (Å²) in [5.41, 5.74) is 0.955. The number of esters is 2. The van der Waals surface area contributed by atoms with Gasteiger partial charge in [0.1, 0.15) is 0 Å². The molecule has 0 bridgehead atoms. The van der Waals surface area contributed by atoms with Gasteiger partial charge in [0.05, 0.1) is 12.2 Å². The van der Waals surface area contributed by atoms with Crippen LogP contribution in [0.1, 0.15) is 35.4 Å². The summed E-state index contributed by atoms with van der Waals surface area (Å²) in [5.74, 6) is -1.14. The molecule has 0 aliphatic rings. The van der Waals surface area contributed by atoms with Gasteiger partial charge in [-0.25, -0.2) is 9.59 Å². The maximum atomic E-state index is 12.3. The lowest BCUT2D eigenvalue weighted by atomic mass is 10.1. The zero-order valence-corrected chi connectivity index (χ0v) is 14.3. The third kappa shape index (κ3) is 4.93. The molecule has 0 amide bonds. The molecule has 5 heteroatoms. The van der Waals surface area contributed by atoms with Crippen molar-refractivity contribution >= 4 is 27.9 Å². The van der Waals surface area contributed by atoms with E-state index in [-0.39, 0.29) is 6.61 Å². The number of benzene rings is 2. The second kappa shape index (κ2) is 8.48. The molecule has 0 fully saturated rings. The van der Waals surface area contributed by atoms with E-state index in [0.29, 0.717) is 17.5 Å². The molecule has 0 aromatic heterocycles. The molecule has 1 unspecified atom stereocenters. The van der Waals surface area contributed by atoms with Crippen molar-refractivity contribution in [2.45, 2.75) is 19.4 Å². The smallest absolute Gasteiger partial charge is 0.352 e. The van der Waals surface area contributed by atoms with Gasteiger partial charge < -0.3 is 9.47 Å². The normalized spacial score (nSPS) is 11.6. The molecule has 0 saturated carbocycles. The van der Waals surface area contributed by atoms with Crippen LogP contribution in [0.15, 0.2) is 59.1 Å². The molecule has 0 aliphatic carbocycles. The molecule has 0 spiro atoms. The minimum absolute atomic E-state index is 0.290. The topological polar surface area (TPSA) is 52.6 Å². The second-order valence-corrected chi connectivity index (χ2v) is 5.79. The van der Waals surface area contributed by atoms with Crippen molar-refractivity contribution in [1.29, 1.82) is 0 Å². The highest BCUT2D eigenvalue weighted by molar-refractivity contribution is 9.10. The molecular weight excluding hydrogens is 360 g/mol. The Hall–Kier alpha value is -2.14. The fraction of sp³-hybridized carbons (Fsp3) is 0.222. The molecule has 2 rings (SSSR count). The minimum atomic E-state index is -1.07. The minimum Gasteiger partial charge on any atom is -0.463 e. The van der Waals surface area contributed by atoms with Gasteiger partial charge in [-0.05, 0) is 30.7 Å². The van der Waals surface area contributed by atoms with E-state index in [9.17, 15) is 9.59 Å². The van der Waals surface area contributed by atoms with Crippen molar-refractivity contribution in [2.24, 2.45) is 0 Å². The summed E-state index contributed by atoms with van der Waals surface area (Å²) in [7, 11) is 0. The van der Waals surface area contributed by atoms with Crippen molar-refractivity contribution in [1.82, 2.24) is 0 Å². The van der Waals surface area contributed by atoms with Crippen LogP contribution in [0.3, 0.4) is 0 Å². The van der Waals surface area contributed by atoms with Crippen LogP contribution in [0.4, 0.5) is 0 Å². The Morgan fingerprint density at radius 1 is 1.04 bits per heavy atom. The van der Waals surface area contributed by atoms with Gasteiger partial charge in [0.2, 0.25) is 6.10 Å². The Balaban J connectivity index is 2.18. The van der Waals surface area contributed by atoms with E-state index in [2.05, 4.69) is 15.9 Å². The Morgan fingerprint density at radius 2 is 1.70 bits per heavy atom. The summed E-state index contributed by atoms with van der Waals surface area (Å²) in [5, 5.41) is 0. The van der Waals surface area contributed by atoms with Gasteiger partial charge in [-0.3, -0.25) is 0 Å². The van der Waals surface area contributed by atoms with E-state index in [0.717, 1.165) is 4.47 Å². The highest BCUT2D eigenvalue weighted by Gasteiger charge is 2.26. The van der Waals surface area contributed by atoms with Crippen LogP contribution in [0, 0.1) is 0 Å². The van der Waals surface area contributed by atoms with E-state index in [1.165, 1.54) is 0 Å². The maximum absolute atomic E-state index is 12.3. The Morgan fingerprint density at radius 3 is 2.30 bits per heavy atom. The molecule has 120 valence electrons. The van der Waals surface area contributed by atoms with E-state index < -0.39 is 18.0 Å². The first-order valence-electron chi connectivity index (χ1n) is 7.30. The number of hydrogen-bond acceptors (Lipinski definition) is 4. The van der Waals surface area contributed by atoms with Crippen LogP contribution in [-0.4, -0.2) is 18.5 Å². The van der Waals surface area contributed by atoms with Crippen LogP contribution >= 0.6 is 15.9 Å². The summed E-state index contributed by atoms with van der Waals surface area (Å²) in [4.78, 5) is 24.5. The maximum Gasteiger partial charge on any atom is 0.352 e. The summed E-state index contributed by atoms with van der Waals surface area (Å²) in [6.45, 7) is 2.19. The number of rotatable bonds is 6. The quantitative estimate of drug-likeness (QED) is 0.705. The van der Waals surface area contributed by atoms with Crippen molar-refractivity contribution in [3.8, 4) is 0 Å². The van der Waals surface area contributed by atoms with Gasteiger partial charge in [-0.15, -0.1) is 0 Å². The lowest BCUT2D eigenvalue weighted by Gasteiger charge is -2.17. The van der Waals surface area contributed by atoms with Crippen LogP contribution in [0.5, 0.6) is 0 Å². The number of carbonyl (C=O) groups is 2. The van der Waals surface area contributed by atoms with Gasteiger partial charge in [0, 0.05) is 10.0 Å². The molecule has 0 N–H and O–H groups in total. The fourth-order valence-corrected chi connectivity index (χ4v) is 2.18. The lowest BCUT2D eigenvalue weighted by molar-refractivity contribution is -0.154. The molecule has 2 aromatic carbocycles. The molecule has 4 nitrogen and oxygen atoms in total. The fourth-order valence-electron chi connectivity index (χ4n) is 1.92.